The van der Waals surface area contributed by atoms with Crippen LogP contribution in [0.3, 0.4) is 0 Å². The SMILES string of the molecule is CC(C)CCNC(=O)[C@H]1Cc2cc(C(F)(F)F)ccc2N2CCN(Cc3ccc(F)cc3)C[C@H]12. The number of nitrogens with zero attached hydrogens (tertiary/aromatic N) is 2. The van der Waals surface area contributed by atoms with Gasteiger partial charge in [-0.2, -0.15) is 13.2 Å². The summed E-state index contributed by atoms with van der Waals surface area (Å²) in [7, 11) is 0. The molecule has 34 heavy (non-hydrogen) atoms. The highest BCUT2D eigenvalue weighted by Gasteiger charge is 2.42. The molecule has 184 valence electrons. The molecule has 2 aromatic carbocycles. The normalized spacial score (nSPS) is 20.7. The zero-order valence-corrected chi connectivity index (χ0v) is 19.5. The summed E-state index contributed by atoms with van der Waals surface area (Å²) in [4.78, 5) is 17.5. The van der Waals surface area contributed by atoms with E-state index in [2.05, 4.69) is 29.0 Å². The molecule has 1 N–H and O–H groups in total. The number of carbonyl (C=O) groups excluding carboxylic acids is 1. The highest BCUT2D eigenvalue weighted by atomic mass is 19.4. The second-order valence-electron chi connectivity index (χ2n) is 9.75. The van der Waals surface area contributed by atoms with Gasteiger partial charge in [0.1, 0.15) is 5.82 Å². The standard InChI is InChI=1S/C26H31F4N3O/c1-17(2)9-10-31-25(34)22-14-19-13-20(26(28,29)30)5-8-23(19)33-12-11-32(16-24(22)33)15-18-3-6-21(27)7-4-18/h3-8,13,17,22,24H,9-12,14-16H2,1-2H3,(H,31,34)/t22-,24+/m0/s1. The molecule has 4 nitrogen and oxygen atoms in total. The lowest BCUT2D eigenvalue weighted by molar-refractivity contribution is -0.137. The monoisotopic (exact) mass is 477 g/mol. The number of alkyl halides is 3. The maximum absolute atomic E-state index is 13.3. The molecule has 1 amide bonds. The average Bonchev–Trinajstić information content (AvgIpc) is 2.78. The zero-order valence-electron chi connectivity index (χ0n) is 19.5. The quantitative estimate of drug-likeness (QED) is 0.603. The van der Waals surface area contributed by atoms with Crippen LogP contribution >= 0.6 is 0 Å². The summed E-state index contributed by atoms with van der Waals surface area (Å²) >= 11 is 0. The molecule has 2 aliphatic heterocycles. The summed E-state index contributed by atoms with van der Waals surface area (Å²) in [6, 6.07) is 10.1. The summed E-state index contributed by atoms with van der Waals surface area (Å²) in [6.07, 6.45) is -3.30. The molecule has 2 aliphatic rings. The molecule has 0 unspecified atom stereocenters. The number of anilines is 1. The molecule has 1 fully saturated rings. The summed E-state index contributed by atoms with van der Waals surface area (Å²) in [6.45, 7) is 7.27. The Morgan fingerprint density at radius 1 is 1.12 bits per heavy atom. The topological polar surface area (TPSA) is 35.6 Å². The highest BCUT2D eigenvalue weighted by Crippen LogP contribution is 2.40. The lowest BCUT2D eigenvalue weighted by Crippen LogP contribution is -2.61. The van der Waals surface area contributed by atoms with E-state index in [1.807, 2.05) is 0 Å². The van der Waals surface area contributed by atoms with E-state index >= 15 is 0 Å². The van der Waals surface area contributed by atoms with Crippen molar-refractivity contribution in [3.8, 4) is 0 Å². The van der Waals surface area contributed by atoms with Crippen LogP contribution < -0.4 is 10.2 Å². The maximum Gasteiger partial charge on any atom is 0.416 e. The Morgan fingerprint density at radius 2 is 1.85 bits per heavy atom. The molecule has 0 saturated carbocycles. The summed E-state index contributed by atoms with van der Waals surface area (Å²) in [5, 5.41) is 3.02. The van der Waals surface area contributed by atoms with Gasteiger partial charge in [0.2, 0.25) is 5.91 Å². The van der Waals surface area contributed by atoms with Crippen LogP contribution in [0.15, 0.2) is 42.5 Å². The van der Waals surface area contributed by atoms with E-state index in [9.17, 15) is 22.4 Å². The predicted molar refractivity (Wildman–Crippen MR) is 124 cm³/mol. The van der Waals surface area contributed by atoms with Gasteiger partial charge in [-0.05, 0) is 60.2 Å². The first-order chi connectivity index (χ1) is 16.1. The first-order valence-corrected chi connectivity index (χ1v) is 11.8. The fraction of sp³-hybridized carbons (Fsp3) is 0.500. The Balaban J connectivity index is 1.58. The van der Waals surface area contributed by atoms with Gasteiger partial charge in [-0.3, -0.25) is 9.69 Å². The Hall–Kier alpha value is -2.61. The van der Waals surface area contributed by atoms with Crippen molar-refractivity contribution in [2.75, 3.05) is 31.1 Å². The number of amides is 1. The van der Waals surface area contributed by atoms with Crippen LogP contribution in [0.4, 0.5) is 23.2 Å². The molecule has 0 aliphatic carbocycles. The number of fused-ring (bicyclic) bond motifs is 3. The highest BCUT2D eigenvalue weighted by molar-refractivity contribution is 5.82. The molecule has 2 aromatic rings. The maximum atomic E-state index is 13.3. The number of piperazine rings is 1. The molecule has 4 rings (SSSR count). The molecule has 0 spiro atoms. The molecule has 1 saturated heterocycles. The molecule has 0 bridgehead atoms. The summed E-state index contributed by atoms with van der Waals surface area (Å²) < 4.78 is 53.3. The Bertz CT molecular complexity index is 1010. The van der Waals surface area contributed by atoms with Gasteiger partial charge in [-0.1, -0.05) is 26.0 Å². The van der Waals surface area contributed by atoms with Gasteiger partial charge >= 0.3 is 6.18 Å². The van der Waals surface area contributed by atoms with Crippen molar-refractivity contribution < 1.29 is 22.4 Å². The lowest BCUT2D eigenvalue weighted by Gasteiger charge is -2.49. The van der Waals surface area contributed by atoms with Gasteiger partial charge in [0.25, 0.3) is 0 Å². The number of carbonyl (C=O) groups is 1. The number of rotatable bonds is 6. The van der Waals surface area contributed by atoms with Crippen LogP contribution in [0, 0.1) is 17.7 Å². The lowest BCUT2D eigenvalue weighted by atomic mass is 9.82. The minimum Gasteiger partial charge on any atom is -0.365 e. The Morgan fingerprint density at radius 3 is 2.53 bits per heavy atom. The fourth-order valence-electron chi connectivity index (χ4n) is 4.97. The van der Waals surface area contributed by atoms with Gasteiger partial charge in [0.15, 0.2) is 0 Å². The van der Waals surface area contributed by atoms with E-state index in [-0.39, 0.29) is 24.2 Å². The van der Waals surface area contributed by atoms with E-state index in [1.54, 1.807) is 18.2 Å². The number of halogens is 4. The van der Waals surface area contributed by atoms with Crippen molar-refractivity contribution in [1.82, 2.24) is 10.2 Å². The van der Waals surface area contributed by atoms with E-state index in [4.69, 9.17) is 0 Å². The van der Waals surface area contributed by atoms with Crippen LogP contribution in [-0.4, -0.2) is 43.0 Å². The predicted octanol–water partition coefficient (Wildman–Crippen LogP) is 4.87. The van der Waals surface area contributed by atoms with E-state index < -0.39 is 17.7 Å². The molecule has 2 heterocycles. The number of benzene rings is 2. The van der Waals surface area contributed by atoms with Crippen molar-refractivity contribution in [2.24, 2.45) is 11.8 Å². The zero-order chi connectivity index (χ0) is 24.5. The second kappa shape index (κ2) is 9.94. The molecule has 0 aromatic heterocycles. The molecular weight excluding hydrogens is 446 g/mol. The van der Waals surface area contributed by atoms with Crippen molar-refractivity contribution in [2.45, 2.75) is 45.5 Å². The van der Waals surface area contributed by atoms with Crippen molar-refractivity contribution in [1.29, 1.82) is 0 Å². The first kappa shape index (κ1) is 24.5. The van der Waals surface area contributed by atoms with Crippen molar-refractivity contribution >= 4 is 11.6 Å². The van der Waals surface area contributed by atoms with Crippen LogP contribution in [0.1, 0.15) is 37.0 Å². The van der Waals surface area contributed by atoms with Gasteiger partial charge in [-0.25, -0.2) is 4.39 Å². The summed E-state index contributed by atoms with van der Waals surface area (Å²) in [5.74, 6) is -0.394. The van der Waals surface area contributed by atoms with E-state index in [0.717, 1.165) is 23.7 Å². The van der Waals surface area contributed by atoms with Gasteiger partial charge < -0.3 is 10.2 Å². The smallest absolute Gasteiger partial charge is 0.365 e. The molecular formula is C26H31F4N3O. The minimum absolute atomic E-state index is 0.109. The van der Waals surface area contributed by atoms with Crippen LogP contribution in [0.25, 0.3) is 0 Å². The molecule has 0 radical (unpaired) electrons. The first-order valence-electron chi connectivity index (χ1n) is 11.8. The number of hydrogen-bond donors (Lipinski definition) is 1. The van der Waals surface area contributed by atoms with Gasteiger partial charge in [-0.15, -0.1) is 0 Å². The van der Waals surface area contributed by atoms with Crippen molar-refractivity contribution in [3.05, 3.63) is 65.0 Å². The van der Waals surface area contributed by atoms with Crippen LogP contribution in [0.5, 0.6) is 0 Å². The number of nitrogens with one attached hydrogen (secondary N) is 1. The van der Waals surface area contributed by atoms with Crippen molar-refractivity contribution in [3.63, 3.8) is 0 Å². The van der Waals surface area contributed by atoms with Crippen LogP contribution in [0.2, 0.25) is 0 Å². The largest absolute Gasteiger partial charge is 0.416 e. The molecule has 2 atom stereocenters. The average molecular weight is 478 g/mol. The van der Waals surface area contributed by atoms with Crippen LogP contribution in [-0.2, 0) is 23.9 Å². The second-order valence-corrected chi connectivity index (χ2v) is 9.75. The third-order valence-electron chi connectivity index (χ3n) is 6.80. The van der Waals surface area contributed by atoms with E-state index in [0.29, 0.717) is 44.2 Å². The third-order valence-corrected chi connectivity index (χ3v) is 6.80. The molecule has 8 heteroatoms. The fourth-order valence-corrected chi connectivity index (χ4v) is 4.97. The van der Waals surface area contributed by atoms with Gasteiger partial charge in [0.05, 0.1) is 17.5 Å². The minimum atomic E-state index is -4.42. The number of hydrogen-bond acceptors (Lipinski definition) is 3. The van der Waals surface area contributed by atoms with Gasteiger partial charge in [0, 0.05) is 38.4 Å². The Kier molecular flexibility index (Phi) is 7.17. The third kappa shape index (κ3) is 5.54. The Labute approximate surface area is 197 Å². The van der Waals surface area contributed by atoms with E-state index in [1.165, 1.54) is 18.2 Å². The summed E-state index contributed by atoms with van der Waals surface area (Å²) in [5.41, 5.74) is 1.66.